The molecule has 0 aliphatic carbocycles. The summed E-state index contributed by atoms with van der Waals surface area (Å²) in [5.74, 6) is -0.627. The molecular weight excluding hydrogens is 236 g/mol. The lowest BCUT2D eigenvalue weighted by Crippen LogP contribution is -2.43. The summed E-state index contributed by atoms with van der Waals surface area (Å²) < 4.78 is 0. The van der Waals surface area contributed by atoms with E-state index in [2.05, 4.69) is 9.88 Å². The summed E-state index contributed by atoms with van der Waals surface area (Å²) in [6.45, 7) is 4.63. The first-order valence-electron chi connectivity index (χ1n) is 5.99. The SMILES string of the molecule is CCC1(C(=O)O)CCN(Cc2cncs2)CC1. The third-order valence-corrected chi connectivity index (χ3v) is 4.57. The van der Waals surface area contributed by atoms with Crippen LogP contribution in [0.1, 0.15) is 31.1 Å². The van der Waals surface area contributed by atoms with Crippen LogP contribution in [-0.2, 0) is 11.3 Å². The first-order chi connectivity index (χ1) is 8.16. The molecule has 1 saturated heterocycles. The van der Waals surface area contributed by atoms with E-state index in [1.165, 1.54) is 4.88 Å². The topological polar surface area (TPSA) is 53.4 Å². The Morgan fingerprint density at radius 1 is 1.59 bits per heavy atom. The summed E-state index contributed by atoms with van der Waals surface area (Å²) in [6.07, 6.45) is 4.15. The Hall–Kier alpha value is -0.940. The van der Waals surface area contributed by atoms with Crippen molar-refractivity contribution < 1.29 is 9.90 Å². The molecule has 0 amide bonds. The zero-order valence-electron chi connectivity index (χ0n) is 10.1. The summed E-state index contributed by atoms with van der Waals surface area (Å²) in [6, 6.07) is 0. The van der Waals surface area contributed by atoms with Gasteiger partial charge in [-0.05, 0) is 32.4 Å². The average molecular weight is 254 g/mol. The highest BCUT2D eigenvalue weighted by Gasteiger charge is 2.39. The van der Waals surface area contributed by atoms with Gasteiger partial charge in [-0.15, -0.1) is 11.3 Å². The van der Waals surface area contributed by atoms with Crippen LogP contribution in [0.15, 0.2) is 11.7 Å². The molecule has 0 bridgehead atoms. The van der Waals surface area contributed by atoms with Crippen molar-refractivity contribution in [1.29, 1.82) is 0 Å². The lowest BCUT2D eigenvalue weighted by Gasteiger charge is -2.38. The monoisotopic (exact) mass is 254 g/mol. The minimum absolute atomic E-state index is 0.482. The Kier molecular flexibility index (Phi) is 3.79. The van der Waals surface area contributed by atoms with Crippen LogP contribution < -0.4 is 0 Å². The summed E-state index contributed by atoms with van der Waals surface area (Å²) in [4.78, 5) is 18.9. The molecular formula is C12H18N2O2S. The van der Waals surface area contributed by atoms with Crippen molar-refractivity contribution in [2.75, 3.05) is 13.1 Å². The number of rotatable bonds is 4. The van der Waals surface area contributed by atoms with Gasteiger partial charge >= 0.3 is 5.97 Å². The highest BCUT2D eigenvalue weighted by atomic mass is 32.1. The van der Waals surface area contributed by atoms with E-state index in [1.54, 1.807) is 11.3 Å². The van der Waals surface area contributed by atoms with E-state index < -0.39 is 11.4 Å². The van der Waals surface area contributed by atoms with Crippen LogP contribution in [-0.4, -0.2) is 34.0 Å². The lowest BCUT2D eigenvalue weighted by atomic mass is 9.76. The van der Waals surface area contributed by atoms with Gasteiger partial charge in [-0.25, -0.2) is 0 Å². The fraction of sp³-hybridized carbons (Fsp3) is 0.667. The minimum atomic E-state index is -0.627. The van der Waals surface area contributed by atoms with E-state index in [0.717, 1.165) is 38.9 Å². The largest absolute Gasteiger partial charge is 0.481 e. The second kappa shape index (κ2) is 5.14. The van der Waals surface area contributed by atoms with Crippen molar-refractivity contribution in [3.05, 3.63) is 16.6 Å². The van der Waals surface area contributed by atoms with Crippen LogP contribution in [0.25, 0.3) is 0 Å². The van der Waals surface area contributed by atoms with Gasteiger partial charge in [-0.1, -0.05) is 6.92 Å². The highest BCUT2D eigenvalue weighted by molar-refractivity contribution is 7.09. The molecule has 2 heterocycles. The van der Waals surface area contributed by atoms with Crippen LogP contribution >= 0.6 is 11.3 Å². The molecule has 4 nitrogen and oxygen atoms in total. The molecule has 0 radical (unpaired) electrons. The van der Waals surface area contributed by atoms with Gasteiger partial charge < -0.3 is 5.11 Å². The summed E-state index contributed by atoms with van der Waals surface area (Å²) in [5, 5.41) is 9.31. The van der Waals surface area contributed by atoms with Crippen LogP contribution in [0.3, 0.4) is 0 Å². The molecule has 94 valence electrons. The van der Waals surface area contributed by atoms with Crippen LogP contribution in [0.4, 0.5) is 0 Å². The third-order valence-electron chi connectivity index (χ3n) is 3.81. The number of carboxylic acid groups (broad SMARTS) is 1. The molecule has 2 rings (SSSR count). The summed E-state index contributed by atoms with van der Waals surface area (Å²) >= 11 is 1.66. The van der Waals surface area contributed by atoms with Crippen molar-refractivity contribution >= 4 is 17.3 Å². The Morgan fingerprint density at radius 3 is 2.76 bits per heavy atom. The van der Waals surface area contributed by atoms with Crippen molar-refractivity contribution in [2.45, 2.75) is 32.7 Å². The number of hydrogen-bond acceptors (Lipinski definition) is 4. The molecule has 17 heavy (non-hydrogen) atoms. The van der Waals surface area contributed by atoms with Crippen molar-refractivity contribution in [3.63, 3.8) is 0 Å². The number of carboxylic acids is 1. The van der Waals surface area contributed by atoms with Crippen molar-refractivity contribution in [3.8, 4) is 0 Å². The number of thiazole rings is 1. The minimum Gasteiger partial charge on any atom is -0.481 e. The van der Waals surface area contributed by atoms with E-state index in [1.807, 2.05) is 18.6 Å². The first-order valence-corrected chi connectivity index (χ1v) is 6.87. The molecule has 1 aromatic heterocycles. The zero-order valence-corrected chi connectivity index (χ0v) is 10.9. The molecule has 0 aromatic carbocycles. The maximum Gasteiger partial charge on any atom is 0.309 e. The van der Waals surface area contributed by atoms with Gasteiger partial charge in [0.05, 0.1) is 10.9 Å². The number of aromatic nitrogens is 1. The van der Waals surface area contributed by atoms with Gasteiger partial charge in [-0.2, -0.15) is 0 Å². The van der Waals surface area contributed by atoms with Crippen molar-refractivity contribution in [1.82, 2.24) is 9.88 Å². The lowest BCUT2D eigenvalue weighted by molar-refractivity contribution is -0.152. The molecule has 1 aliphatic heterocycles. The summed E-state index contributed by atoms with van der Waals surface area (Å²) in [5.41, 5.74) is 1.36. The van der Waals surface area contributed by atoms with Gasteiger partial charge in [0.15, 0.2) is 0 Å². The predicted molar refractivity (Wildman–Crippen MR) is 67.0 cm³/mol. The number of carbonyl (C=O) groups is 1. The van der Waals surface area contributed by atoms with E-state index >= 15 is 0 Å². The number of hydrogen-bond donors (Lipinski definition) is 1. The normalized spacial score (nSPS) is 20.3. The molecule has 0 atom stereocenters. The Bertz CT molecular complexity index is 370. The van der Waals surface area contributed by atoms with E-state index in [9.17, 15) is 9.90 Å². The highest BCUT2D eigenvalue weighted by Crippen LogP contribution is 2.35. The maximum atomic E-state index is 11.3. The number of nitrogens with zero attached hydrogens (tertiary/aromatic N) is 2. The fourth-order valence-corrected chi connectivity index (χ4v) is 3.03. The van der Waals surface area contributed by atoms with E-state index in [4.69, 9.17) is 0 Å². The third kappa shape index (κ3) is 2.66. The smallest absolute Gasteiger partial charge is 0.309 e. The van der Waals surface area contributed by atoms with Crippen LogP contribution in [0.2, 0.25) is 0 Å². The molecule has 0 spiro atoms. The Labute approximate surface area is 105 Å². The van der Waals surface area contributed by atoms with E-state index in [0.29, 0.717) is 0 Å². The Balaban J connectivity index is 1.91. The molecule has 1 N–H and O–H groups in total. The number of aliphatic carboxylic acids is 1. The summed E-state index contributed by atoms with van der Waals surface area (Å²) in [7, 11) is 0. The maximum absolute atomic E-state index is 11.3. The fourth-order valence-electron chi connectivity index (χ4n) is 2.40. The van der Waals surface area contributed by atoms with Gasteiger partial charge in [-0.3, -0.25) is 14.7 Å². The second-order valence-corrected chi connectivity index (χ2v) is 5.65. The molecule has 1 fully saturated rings. The first kappa shape index (κ1) is 12.5. The average Bonchev–Trinajstić information content (AvgIpc) is 2.83. The zero-order chi connectivity index (χ0) is 12.3. The van der Waals surface area contributed by atoms with Gasteiger partial charge in [0.2, 0.25) is 0 Å². The molecule has 1 aliphatic rings. The predicted octanol–water partition coefficient (Wildman–Crippen LogP) is 2.22. The van der Waals surface area contributed by atoms with Gasteiger partial charge in [0, 0.05) is 17.6 Å². The second-order valence-electron chi connectivity index (χ2n) is 4.68. The molecule has 0 unspecified atom stereocenters. The number of piperidine rings is 1. The number of likely N-dealkylation sites (tertiary alicyclic amines) is 1. The quantitative estimate of drug-likeness (QED) is 0.895. The van der Waals surface area contributed by atoms with E-state index in [-0.39, 0.29) is 0 Å². The van der Waals surface area contributed by atoms with Crippen LogP contribution in [0.5, 0.6) is 0 Å². The van der Waals surface area contributed by atoms with Gasteiger partial charge in [0.1, 0.15) is 0 Å². The van der Waals surface area contributed by atoms with Gasteiger partial charge in [0.25, 0.3) is 0 Å². The standard InChI is InChI=1S/C12H18N2O2S/c1-2-12(11(15)16)3-5-14(6-4-12)8-10-7-13-9-17-10/h7,9H,2-6,8H2,1H3,(H,15,16). The van der Waals surface area contributed by atoms with Crippen LogP contribution in [0, 0.1) is 5.41 Å². The Morgan fingerprint density at radius 2 is 2.29 bits per heavy atom. The molecule has 1 aromatic rings. The van der Waals surface area contributed by atoms with Crippen molar-refractivity contribution in [2.24, 2.45) is 5.41 Å². The molecule has 5 heteroatoms. The molecule has 0 saturated carbocycles.